The van der Waals surface area contributed by atoms with E-state index in [0.717, 1.165) is 18.0 Å². The number of benzene rings is 1. The Morgan fingerprint density at radius 2 is 2.18 bits per heavy atom. The van der Waals surface area contributed by atoms with Gasteiger partial charge in [-0.15, -0.1) is 0 Å². The first kappa shape index (κ1) is 12.0. The van der Waals surface area contributed by atoms with Crippen LogP contribution in [0.4, 0.5) is 10.1 Å². The highest BCUT2D eigenvalue weighted by atomic mass is 19.1. The van der Waals surface area contributed by atoms with Crippen molar-refractivity contribution in [2.45, 2.75) is 19.8 Å². The molecule has 0 aromatic heterocycles. The molecule has 4 heteroatoms. The van der Waals surface area contributed by atoms with Crippen molar-refractivity contribution in [3.05, 3.63) is 29.6 Å². The van der Waals surface area contributed by atoms with Gasteiger partial charge in [0.05, 0.1) is 6.54 Å². The number of hydrogen-bond acceptors (Lipinski definition) is 2. The fourth-order valence-corrected chi connectivity index (χ4v) is 1.73. The van der Waals surface area contributed by atoms with Gasteiger partial charge in [-0.2, -0.15) is 0 Å². The maximum absolute atomic E-state index is 13.1. The lowest BCUT2D eigenvalue weighted by Gasteiger charge is -2.07. The fourth-order valence-electron chi connectivity index (χ4n) is 1.73. The summed E-state index contributed by atoms with van der Waals surface area (Å²) in [5.41, 5.74) is 1.31. The quantitative estimate of drug-likeness (QED) is 0.821. The summed E-state index contributed by atoms with van der Waals surface area (Å²) >= 11 is 0. The van der Waals surface area contributed by atoms with Crippen LogP contribution in [0.3, 0.4) is 0 Å². The van der Waals surface area contributed by atoms with Crippen LogP contribution in [0.5, 0.6) is 0 Å². The summed E-state index contributed by atoms with van der Waals surface area (Å²) in [6.45, 7) is 2.98. The molecule has 1 aromatic rings. The third-order valence-corrected chi connectivity index (χ3v) is 2.74. The average molecular weight is 236 g/mol. The zero-order valence-corrected chi connectivity index (χ0v) is 9.92. The van der Waals surface area contributed by atoms with E-state index < -0.39 is 0 Å². The Hall–Kier alpha value is -1.42. The maximum Gasteiger partial charge on any atom is 0.238 e. The van der Waals surface area contributed by atoms with Gasteiger partial charge in [0.2, 0.25) is 5.91 Å². The number of amides is 1. The van der Waals surface area contributed by atoms with Crippen LogP contribution in [-0.4, -0.2) is 19.0 Å². The van der Waals surface area contributed by atoms with Crippen molar-refractivity contribution >= 4 is 11.6 Å². The molecule has 1 aliphatic rings. The highest BCUT2D eigenvalue weighted by Gasteiger charge is 2.20. The highest BCUT2D eigenvalue weighted by molar-refractivity contribution is 5.92. The van der Waals surface area contributed by atoms with Crippen LogP contribution < -0.4 is 10.6 Å². The van der Waals surface area contributed by atoms with E-state index in [0.29, 0.717) is 5.69 Å². The van der Waals surface area contributed by atoms with Crippen molar-refractivity contribution < 1.29 is 9.18 Å². The molecule has 92 valence electrons. The number of anilines is 1. The minimum atomic E-state index is -0.328. The number of aryl methyl sites for hydroxylation is 1. The summed E-state index contributed by atoms with van der Waals surface area (Å²) in [4.78, 5) is 11.5. The van der Waals surface area contributed by atoms with Crippen LogP contribution in [0.15, 0.2) is 18.2 Å². The lowest BCUT2D eigenvalue weighted by molar-refractivity contribution is -0.115. The van der Waals surface area contributed by atoms with Crippen LogP contribution in [0.2, 0.25) is 0 Å². The van der Waals surface area contributed by atoms with Crippen LogP contribution >= 0.6 is 0 Å². The summed E-state index contributed by atoms with van der Waals surface area (Å²) in [6.07, 6.45) is 2.52. The summed E-state index contributed by atoms with van der Waals surface area (Å²) in [7, 11) is 0. The molecule has 1 aliphatic carbocycles. The molecule has 2 N–H and O–H groups in total. The monoisotopic (exact) mass is 236 g/mol. The molecule has 0 unspecified atom stereocenters. The molecule has 1 saturated carbocycles. The van der Waals surface area contributed by atoms with Gasteiger partial charge in [-0.25, -0.2) is 4.39 Å². The smallest absolute Gasteiger partial charge is 0.238 e. The fraction of sp³-hybridized carbons (Fsp3) is 0.462. The molecule has 0 spiro atoms. The van der Waals surface area contributed by atoms with Crippen molar-refractivity contribution in [1.29, 1.82) is 0 Å². The number of halogens is 1. The number of rotatable bonds is 5. The van der Waals surface area contributed by atoms with Gasteiger partial charge >= 0.3 is 0 Å². The third-order valence-electron chi connectivity index (χ3n) is 2.74. The number of carbonyl (C=O) groups is 1. The molecule has 0 heterocycles. The Labute approximate surface area is 100 Å². The lowest BCUT2D eigenvalue weighted by atomic mass is 10.2. The first-order valence-corrected chi connectivity index (χ1v) is 5.91. The molecular formula is C13H17FN2O. The van der Waals surface area contributed by atoms with Gasteiger partial charge in [-0.1, -0.05) is 0 Å². The highest BCUT2D eigenvalue weighted by Crippen LogP contribution is 2.27. The van der Waals surface area contributed by atoms with E-state index in [9.17, 15) is 9.18 Å². The van der Waals surface area contributed by atoms with Gasteiger partial charge in [-0.05, 0) is 56.0 Å². The lowest BCUT2D eigenvalue weighted by Crippen LogP contribution is -2.29. The predicted molar refractivity (Wildman–Crippen MR) is 65.4 cm³/mol. The van der Waals surface area contributed by atoms with Crippen molar-refractivity contribution in [3.63, 3.8) is 0 Å². The summed E-state index contributed by atoms with van der Waals surface area (Å²) < 4.78 is 13.1. The molecular weight excluding hydrogens is 219 g/mol. The normalized spacial score (nSPS) is 14.7. The largest absolute Gasteiger partial charge is 0.325 e. The van der Waals surface area contributed by atoms with E-state index in [-0.39, 0.29) is 18.3 Å². The van der Waals surface area contributed by atoms with Crippen molar-refractivity contribution in [1.82, 2.24) is 5.32 Å². The summed E-state index contributed by atoms with van der Waals surface area (Å²) in [6, 6.07) is 4.51. The summed E-state index contributed by atoms with van der Waals surface area (Å²) in [5, 5.41) is 5.77. The molecule has 0 atom stereocenters. The van der Waals surface area contributed by atoms with Crippen molar-refractivity contribution in [3.8, 4) is 0 Å². The van der Waals surface area contributed by atoms with Gasteiger partial charge in [-0.3, -0.25) is 4.79 Å². The van der Waals surface area contributed by atoms with Crippen LogP contribution in [-0.2, 0) is 4.79 Å². The molecule has 1 aromatic carbocycles. The van der Waals surface area contributed by atoms with E-state index in [2.05, 4.69) is 10.6 Å². The van der Waals surface area contributed by atoms with Gasteiger partial charge in [0.25, 0.3) is 0 Å². The maximum atomic E-state index is 13.1. The standard InChI is InChI=1S/C13H17FN2O/c1-9-4-11(14)6-12(5-9)16-13(17)8-15-7-10-2-3-10/h4-6,10,15H,2-3,7-8H2,1H3,(H,16,17). The van der Waals surface area contributed by atoms with E-state index in [1.54, 1.807) is 13.0 Å². The summed E-state index contributed by atoms with van der Waals surface area (Å²) in [5.74, 6) is 0.293. The average Bonchev–Trinajstić information content (AvgIpc) is 2.99. The number of nitrogens with one attached hydrogen (secondary N) is 2. The van der Waals surface area contributed by atoms with E-state index in [1.807, 2.05) is 0 Å². The zero-order chi connectivity index (χ0) is 12.3. The Morgan fingerprint density at radius 3 is 2.82 bits per heavy atom. The second kappa shape index (κ2) is 5.27. The molecule has 0 saturated heterocycles. The first-order valence-electron chi connectivity index (χ1n) is 5.91. The van der Waals surface area contributed by atoms with E-state index >= 15 is 0 Å². The van der Waals surface area contributed by atoms with Crippen LogP contribution in [0, 0.1) is 18.7 Å². The molecule has 3 nitrogen and oxygen atoms in total. The Balaban J connectivity index is 1.79. The topological polar surface area (TPSA) is 41.1 Å². The predicted octanol–water partition coefficient (Wildman–Crippen LogP) is 2.07. The van der Waals surface area contributed by atoms with Crippen molar-refractivity contribution in [2.75, 3.05) is 18.4 Å². The number of carbonyl (C=O) groups excluding carboxylic acids is 1. The third kappa shape index (κ3) is 4.15. The van der Waals surface area contributed by atoms with E-state index in [4.69, 9.17) is 0 Å². The Bertz CT molecular complexity index is 396. The first-order chi connectivity index (χ1) is 8.13. The van der Waals surface area contributed by atoms with Crippen LogP contribution in [0.1, 0.15) is 18.4 Å². The molecule has 17 heavy (non-hydrogen) atoms. The minimum Gasteiger partial charge on any atom is -0.325 e. The molecule has 0 bridgehead atoms. The van der Waals surface area contributed by atoms with Crippen LogP contribution in [0.25, 0.3) is 0 Å². The molecule has 0 radical (unpaired) electrons. The second-order valence-electron chi connectivity index (χ2n) is 4.64. The number of hydrogen-bond donors (Lipinski definition) is 2. The SMILES string of the molecule is Cc1cc(F)cc(NC(=O)CNCC2CC2)c1. The molecule has 1 amide bonds. The Kier molecular flexibility index (Phi) is 3.74. The van der Waals surface area contributed by atoms with Crippen molar-refractivity contribution in [2.24, 2.45) is 5.92 Å². The molecule has 1 fully saturated rings. The second-order valence-corrected chi connectivity index (χ2v) is 4.64. The molecule has 0 aliphatic heterocycles. The minimum absolute atomic E-state index is 0.129. The van der Waals surface area contributed by atoms with Gasteiger partial charge in [0.1, 0.15) is 5.82 Å². The van der Waals surface area contributed by atoms with Gasteiger partial charge in [0, 0.05) is 5.69 Å². The Morgan fingerprint density at radius 1 is 1.41 bits per heavy atom. The zero-order valence-electron chi connectivity index (χ0n) is 9.92. The van der Waals surface area contributed by atoms with Gasteiger partial charge < -0.3 is 10.6 Å². The molecule has 2 rings (SSSR count). The van der Waals surface area contributed by atoms with Gasteiger partial charge in [0.15, 0.2) is 0 Å². The van der Waals surface area contributed by atoms with E-state index in [1.165, 1.54) is 25.0 Å².